The quantitative estimate of drug-likeness (QED) is 0.868. The zero-order chi connectivity index (χ0) is 17.0. The molecule has 1 aromatic carbocycles. The molecule has 0 aliphatic carbocycles. The van der Waals surface area contributed by atoms with Crippen molar-refractivity contribution in [2.24, 2.45) is 5.92 Å². The number of sulfone groups is 1. The summed E-state index contributed by atoms with van der Waals surface area (Å²) < 4.78 is 59.2. The molecule has 0 unspecified atom stereocenters. The molecule has 0 saturated heterocycles. The Hall–Kier alpha value is -1.57. The minimum Gasteiger partial charge on any atom is -0.326 e. The van der Waals surface area contributed by atoms with E-state index >= 15 is 0 Å². The summed E-state index contributed by atoms with van der Waals surface area (Å²) in [5, 5.41) is 2.50. The van der Waals surface area contributed by atoms with Gasteiger partial charge >= 0.3 is 6.18 Å². The maximum atomic E-state index is 12.3. The maximum Gasteiger partial charge on any atom is 0.389 e. The second-order valence-corrected chi connectivity index (χ2v) is 7.44. The topological polar surface area (TPSA) is 63.2 Å². The first-order valence-corrected chi connectivity index (χ1v) is 8.67. The normalized spacial score (nSPS) is 13.7. The molecule has 0 heterocycles. The van der Waals surface area contributed by atoms with Crippen molar-refractivity contribution in [3.05, 3.63) is 29.8 Å². The van der Waals surface area contributed by atoms with Crippen LogP contribution in [0.2, 0.25) is 0 Å². The summed E-state index contributed by atoms with van der Waals surface area (Å²) in [7, 11) is -3.31. The van der Waals surface area contributed by atoms with E-state index in [-0.39, 0.29) is 17.9 Å². The van der Waals surface area contributed by atoms with Gasteiger partial charge in [0, 0.05) is 24.3 Å². The monoisotopic (exact) mass is 337 g/mol. The number of hydrogen-bond acceptors (Lipinski definition) is 3. The molecule has 0 aromatic heterocycles. The van der Waals surface area contributed by atoms with Gasteiger partial charge in [-0.05, 0) is 18.1 Å². The van der Waals surface area contributed by atoms with Crippen molar-refractivity contribution in [1.82, 2.24) is 0 Å². The van der Waals surface area contributed by atoms with Crippen molar-refractivity contribution in [2.75, 3.05) is 17.3 Å². The molecule has 0 aliphatic rings. The number of anilines is 1. The number of rotatable bonds is 6. The summed E-state index contributed by atoms with van der Waals surface area (Å²) in [5.41, 5.74) is 0.636. The predicted octanol–water partition coefficient (Wildman–Crippen LogP) is 2.80. The fraction of sp³-hybridized carbons (Fsp3) is 0.500. The van der Waals surface area contributed by atoms with Gasteiger partial charge in [-0.15, -0.1) is 0 Å². The Kier molecular flexibility index (Phi) is 5.99. The molecule has 1 aromatic rings. The molecule has 22 heavy (non-hydrogen) atoms. The van der Waals surface area contributed by atoms with E-state index in [1.165, 1.54) is 19.1 Å². The maximum absolute atomic E-state index is 12.3. The van der Waals surface area contributed by atoms with Gasteiger partial charge < -0.3 is 5.32 Å². The molecule has 1 atom stereocenters. The Morgan fingerprint density at radius 3 is 2.41 bits per heavy atom. The zero-order valence-corrected chi connectivity index (χ0v) is 13.1. The number of hydrogen-bond donors (Lipinski definition) is 1. The Labute approximate surface area is 127 Å². The van der Waals surface area contributed by atoms with Crippen molar-refractivity contribution < 1.29 is 26.4 Å². The first-order chi connectivity index (χ1) is 9.98. The lowest BCUT2D eigenvalue weighted by molar-refractivity contribution is -0.133. The van der Waals surface area contributed by atoms with E-state index in [0.29, 0.717) is 5.56 Å². The van der Waals surface area contributed by atoms with Crippen molar-refractivity contribution in [3.8, 4) is 0 Å². The van der Waals surface area contributed by atoms with E-state index < -0.39 is 34.3 Å². The lowest BCUT2D eigenvalue weighted by Crippen LogP contribution is -2.27. The van der Waals surface area contributed by atoms with Gasteiger partial charge in [-0.2, -0.15) is 13.2 Å². The van der Waals surface area contributed by atoms with Gasteiger partial charge in [-0.1, -0.05) is 25.1 Å². The second kappa shape index (κ2) is 7.13. The summed E-state index contributed by atoms with van der Waals surface area (Å²) in [6.45, 7) is 1.45. The molecule has 0 fully saturated rings. The Morgan fingerprint density at radius 1 is 1.27 bits per heavy atom. The van der Waals surface area contributed by atoms with E-state index in [4.69, 9.17) is 0 Å². The average Bonchev–Trinajstić information content (AvgIpc) is 2.34. The molecule has 4 nitrogen and oxygen atoms in total. The number of alkyl halides is 3. The smallest absolute Gasteiger partial charge is 0.326 e. The Bertz CT molecular complexity index is 626. The second-order valence-electron chi connectivity index (χ2n) is 5.26. The van der Waals surface area contributed by atoms with Gasteiger partial charge in [0.15, 0.2) is 0 Å². The molecule has 0 spiro atoms. The summed E-state index contributed by atoms with van der Waals surface area (Å²) in [6.07, 6.45) is -4.49. The third-order valence-corrected chi connectivity index (χ3v) is 4.06. The number of nitrogens with one attached hydrogen (secondary N) is 1. The van der Waals surface area contributed by atoms with Crippen LogP contribution in [0.25, 0.3) is 0 Å². The fourth-order valence-electron chi connectivity index (χ4n) is 1.92. The van der Waals surface area contributed by atoms with Gasteiger partial charge in [0.1, 0.15) is 9.84 Å². The predicted molar refractivity (Wildman–Crippen MR) is 78.3 cm³/mol. The largest absolute Gasteiger partial charge is 0.389 e. The Morgan fingerprint density at radius 2 is 1.86 bits per heavy atom. The minimum absolute atomic E-state index is 0.250. The lowest BCUT2D eigenvalue weighted by atomic mass is 10.1. The highest BCUT2D eigenvalue weighted by Gasteiger charge is 2.27. The fourth-order valence-corrected chi connectivity index (χ4v) is 2.98. The molecule has 1 amide bonds. The lowest BCUT2D eigenvalue weighted by Gasteiger charge is -2.15. The van der Waals surface area contributed by atoms with Gasteiger partial charge in [-0.3, -0.25) is 4.79 Å². The molecule has 0 aliphatic heterocycles. The number of amides is 1. The van der Waals surface area contributed by atoms with Crippen LogP contribution in [-0.4, -0.2) is 32.5 Å². The standard InChI is InChI=1S/C14H18F3NO3S/c1-10(9-22(2,20)21)13(19)18-12-6-4-3-5-11(12)7-8-14(15,16)17/h3-6,10H,7-9H2,1-2H3,(H,18,19)/t10-/m1/s1. The van der Waals surface area contributed by atoms with Crippen LogP contribution in [0, 0.1) is 5.92 Å². The molecule has 0 saturated carbocycles. The van der Waals surface area contributed by atoms with E-state index in [9.17, 15) is 26.4 Å². The van der Waals surface area contributed by atoms with Crippen LogP contribution in [0.3, 0.4) is 0 Å². The van der Waals surface area contributed by atoms with Crippen LogP contribution in [0.15, 0.2) is 24.3 Å². The summed E-state index contributed by atoms with van der Waals surface area (Å²) in [6, 6.07) is 6.18. The highest BCUT2D eigenvalue weighted by atomic mass is 32.2. The van der Waals surface area contributed by atoms with Gasteiger partial charge in [0.25, 0.3) is 0 Å². The summed E-state index contributed by atoms with van der Waals surface area (Å²) in [5.74, 6) is -1.64. The van der Waals surface area contributed by atoms with E-state index in [1.807, 2.05) is 0 Å². The van der Waals surface area contributed by atoms with Gasteiger partial charge in [0.05, 0.1) is 5.75 Å². The van der Waals surface area contributed by atoms with Crippen LogP contribution in [0.4, 0.5) is 18.9 Å². The number of carbonyl (C=O) groups is 1. The first-order valence-electron chi connectivity index (χ1n) is 6.61. The van der Waals surface area contributed by atoms with Crippen LogP contribution in [0.1, 0.15) is 18.9 Å². The van der Waals surface area contributed by atoms with E-state index in [0.717, 1.165) is 6.26 Å². The van der Waals surface area contributed by atoms with Gasteiger partial charge in [-0.25, -0.2) is 8.42 Å². The number of para-hydroxylation sites is 1. The third-order valence-electron chi connectivity index (χ3n) is 2.95. The molecule has 0 radical (unpaired) electrons. The van der Waals surface area contributed by atoms with Crippen molar-refractivity contribution in [3.63, 3.8) is 0 Å². The first kappa shape index (κ1) is 18.5. The zero-order valence-electron chi connectivity index (χ0n) is 12.3. The van der Waals surface area contributed by atoms with Crippen LogP contribution >= 0.6 is 0 Å². The Balaban J connectivity index is 2.79. The van der Waals surface area contributed by atoms with E-state index in [2.05, 4.69) is 5.32 Å². The highest BCUT2D eigenvalue weighted by molar-refractivity contribution is 7.90. The van der Waals surface area contributed by atoms with Crippen molar-refractivity contribution in [1.29, 1.82) is 0 Å². The number of aryl methyl sites for hydroxylation is 1. The number of carbonyl (C=O) groups excluding carboxylic acids is 1. The molecule has 1 N–H and O–H groups in total. The third kappa shape index (κ3) is 6.93. The van der Waals surface area contributed by atoms with Crippen LogP contribution in [0.5, 0.6) is 0 Å². The number of benzene rings is 1. The minimum atomic E-state index is -4.28. The summed E-state index contributed by atoms with van der Waals surface area (Å²) in [4.78, 5) is 11.9. The van der Waals surface area contributed by atoms with Crippen molar-refractivity contribution >= 4 is 21.4 Å². The molecular weight excluding hydrogens is 319 g/mol. The van der Waals surface area contributed by atoms with Crippen LogP contribution in [-0.2, 0) is 21.1 Å². The molecular formula is C14H18F3NO3S. The van der Waals surface area contributed by atoms with Crippen LogP contribution < -0.4 is 5.32 Å². The van der Waals surface area contributed by atoms with E-state index in [1.54, 1.807) is 12.1 Å². The van der Waals surface area contributed by atoms with Gasteiger partial charge in [0.2, 0.25) is 5.91 Å². The molecule has 1 rings (SSSR count). The average molecular weight is 337 g/mol. The number of halogens is 3. The molecule has 124 valence electrons. The SMILES string of the molecule is C[C@H](CS(C)(=O)=O)C(=O)Nc1ccccc1CCC(F)(F)F. The van der Waals surface area contributed by atoms with Crippen molar-refractivity contribution in [2.45, 2.75) is 25.9 Å². The molecule has 0 bridgehead atoms. The molecule has 8 heteroatoms. The highest BCUT2D eigenvalue weighted by Crippen LogP contribution is 2.25. The summed E-state index contributed by atoms with van der Waals surface area (Å²) >= 11 is 0.